The summed E-state index contributed by atoms with van der Waals surface area (Å²) in [6, 6.07) is 0. The monoisotopic (exact) mass is 264 g/mol. The third kappa shape index (κ3) is 4.61. The quantitative estimate of drug-likeness (QED) is 0.677. The Kier molecular flexibility index (Phi) is 4.16. The van der Waals surface area contributed by atoms with E-state index in [1.165, 1.54) is 0 Å². The lowest BCUT2D eigenvalue weighted by atomic mass is 10.1. The van der Waals surface area contributed by atoms with Gasteiger partial charge in [-0.3, -0.25) is 4.79 Å². The zero-order valence-corrected chi connectivity index (χ0v) is 11.2. The summed E-state index contributed by atoms with van der Waals surface area (Å²) in [7, 11) is -3.30. The summed E-state index contributed by atoms with van der Waals surface area (Å²) < 4.78 is 24.8. The number of hydrogen-bond donors (Lipinski definition) is 2. The molecule has 1 fully saturated rings. The molecule has 0 aromatic heterocycles. The molecule has 17 heavy (non-hydrogen) atoms. The van der Waals surface area contributed by atoms with Crippen molar-refractivity contribution in [2.45, 2.75) is 25.8 Å². The van der Waals surface area contributed by atoms with Crippen molar-refractivity contribution in [2.24, 2.45) is 5.92 Å². The van der Waals surface area contributed by atoms with Gasteiger partial charge in [0.15, 0.2) is 0 Å². The molecule has 7 heteroatoms. The summed E-state index contributed by atoms with van der Waals surface area (Å²) in [5.74, 6) is -0.0658. The molecule has 1 unspecified atom stereocenters. The summed E-state index contributed by atoms with van der Waals surface area (Å²) >= 11 is 0. The number of nitrogens with one attached hydrogen (secondary N) is 1. The maximum Gasteiger partial charge on any atom is 0.223 e. The van der Waals surface area contributed by atoms with Crippen LogP contribution in [-0.2, 0) is 14.8 Å². The predicted molar refractivity (Wildman–Crippen MR) is 63.8 cm³/mol. The molecular formula is C10H20N2O4S. The number of nitrogens with zero attached hydrogens (tertiary/aromatic N) is 1. The second kappa shape index (κ2) is 4.91. The van der Waals surface area contributed by atoms with E-state index in [2.05, 4.69) is 4.72 Å². The minimum atomic E-state index is -3.30. The molecule has 1 saturated heterocycles. The molecule has 2 N–H and O–H groups in total. The van der Waals surface area contributed by atoms with Gasteiger partial charge in [-0.05, 0) is 13.8 Å². The smallest absolute Gasteiger partial charge is 0.223 e. The molecule has 1 rings (SSSR count). The summed E-state index contributed by atoms with van der Waals surface area (Å²) in [4.78, 5) is 13.2. The highest BCUT2D eigenvalue weighted by molar-refractivity contribution is 7.88. The molecule has 0 radical (unpaired) electrons. The average Bonchev–Trinajstić information content (AvgIpc) is 2.42. The maximum absolute atomic E-state index is 11.6. The Morgan fingerprint density at radius 1 is 1.53 bits per heavy atom. The Morgan fingerprint density at radius 2 is 2.12 bits per heavy atom. The normalized spacial score (nSPS) is 22.2. The Labute approximate surface area is 102 Å². The molecule has 0 aromatic rings. The van der Waals surface area contributed by atoms with E-state index in [4.69, 9.17) is 5.11 Å². The van der Waals surface area contributed by atoms with Crippen molar-refractivity contribution in [2.75, 3.05) is 26.0 Å². The first-order valence-corrected chi connectivity index (χ1v) is 7.40. The lowest BCUT2D eigenvalue weighted by molar-refractivity contribution is -0.128. The zero-order valence-electron chi connectivity index (χ0n) is 10.4. The lowest BCUT2D eigenvalue weighted by Gasteiger charge is -2.30. The van der Waals surface area contributed by atoms with Crippen LogP contribution in [0.15, 0.2) is 0 Å². The van der Waals surface area contributed by atoms with E-state index >= 15 is 0 Å². The first-order chi connectivity index (χ1) is 7.63. The number of aliphatic hydroxyl groups excluding tert-OH is 1. The first kappa shape index (κ1) is 14.4. The van der Waals surface area contributed by atoms with Crippen molar-refractivity contribution in [1.29, 1.82) is 0 Å². The van der Waals surface area contributed by atoms with Crippen molar-refractivity contribution in [3.8, 4) is 0 Å². The van der Waals surface area contributed by atoms with Crippen LogP contribution in [0.4, 0.5) is 0 Å². The summed E-state index contributed by atoms with van der Waals surface area (Å²) in [6.07, 6.45) is 1.43. The van der Waals surface area contributed by atoms with Gasteiger partial charge < -0.3 is 10.0 Å². The van der Waals surface area contributed by atoms with Crippen LogP contribution in [-0.4, -0.2) is 55.8 Å². The topological polar surface area (TPSA) is 86.7 Å². The third-order valence-corrected chi connectivity index (χ3v) is 3.52. The highest BCUT2D eigenvalue weighted by atomic mass is 32.2. The SMILES string of the molecule is CC(C)(CN1CC(CO)CC1=O)NS(C)(=O)=O. The Balaban J connectivity index is 2.62. The molecule has 0 aliphatic carbocycles. The van der Waals surface area contributed by atoms with E-state index in [0.29, 0.717) is 19.5 Å². The number of sulfonamides is 1. The van der Waals surface area contributed by atoms with E-state index in [-0.39, 0.29) is 18.4 Å². The molecule has 0 saturated carbocycles. The van der Waals surface area contributed by atoms with Gasteiger partial charge >= 0.3 is 0 Å². The number of carbonyl (C=O) groups excluding carboxylic acids is 1. The first-order valence-electron chi connectivity index (χ1n) is 5.50. The minimum Gasteiger partial charge on any atom is -0.396 e. The molecule has 1 aliphatic heterocycles. The van der Waals surface area contributed by atoms with Crippen LogP contribution in [0.1, 0.15) is 20.3 Å². The van der Waals surface area contributed by atoms with Gasteiger partial charge in [-0.25, -0.2) is 13.1 Å². The van der Waals surface area contributed by atoms with Gasteiger partial charge in [0.2, 0.25) is 15.9 Å². The van der Waals surface area contributed by atoms with E-state index in [9.17, 15) is 13.2 Å². The average molecular weight is 264 g/mol. The van der Waals surface area contributed by atoms with E-state index in [0.717, 1.165) is 6.26 Å². The summed E-state index contributed by atoms with van der Waals surface area (Å²) in [6.45, 7) is 4.25. The molecule has 1 heterocycles. The fraction of sp³-hybridized carbons (Fsp3) is 0.900. The largest absolute Gasteiger partial charge is 0.396 e. The van der Waals surface area contributed by atoms with Crippen LogP contribution in [0.5, 0.6) is 0 Å². The molecule has 6 nitrogen and oxygen atoms in total. The molecule has 100 valence electrons. The highest BCUT2D eigenvalue weighted by Crippen LogP contribution is 2.19. The van der Waals surface area contributed by atoms with Crippen LogP contribution in [0.3, 0.4) is 0 Å². The zero-order chi connectivity index (χ0) is 13.3. The predicted octanol–water partition coefficient (Wildman–Crippen LogP) is -0.845. The van der Waals surface area contributed by atoms with Gasteiger partial charge in [0.1, 0.15) is 0 Å². The highest BCUT2D eigenvalue weighted by Gasteiger charge is 2.34. The third-order valence-electron chi connectivity index (χ3n) is 2.60. The molecular weight excluding hydrogens is 244 g/mol. The molecule has 1 atom stereocenters. The second-order valence-electron chi connectivity index (χ2n) is 5.29. The minimum absolute atomic E-state index is 0.0117. The Morgan fingerprint density at radius 3 is 2.53 bits per heavy atom. The van der Waals surface area contributed by atoms with E-state index < -0.39 is 15.6 Å². The van der Waals surface area contributed by atoms with Gasteiger partial charge in [0.25, 0.3) is 0 Å². The molecule has 0 aromatic carbocycles. The summed E-state index contributed by atoms with van der Waals surface area (Å²) in [5.41, 5.74) is -0.701. The molecule has 1 amide bonds. The number of carbonyl (C=O) groups is 1. The van der Waals surface area contributed by atoms with Gasteiger partial charge in [-0.15, -0.1) is 0 Å². The number of likely N-dealkylation sites (tertiary alicyclic amines) is 1. The molecule has 1 aliphatic rings. The van der Waals surface area contributed by atoms with Crippen LogP contribution >= 0.6 is 0 Å². The van der Waals surface area contributed by atoms with Crippen molar-refractivity contribution < 1.29 is 18.3 Å². The van der Waals surface area contributed by atoms with E-state index in [1.54, 1.807) is 18.7 Å². The van der Waals surface area contributed by atoms with Crippen molar-refractivity contribution in [3.05, 3.63) is 0 Å². The Hall–Kier alpha value is -0.660. The Bertz CT molecular complexity index is 391. The lowest BCUT2D eigenvalue weighted by Crippen LogP contribution is -2.51. The molecule has 0 bridgehead atoms. The van der Waals surface area contributed by atoms with Crippen molar-refractivity contribution in [1.82, 2.24) is 9.62 Å². The number of hydrogen-bond acceptors (Lipinski definition) is 4. The van der Waals surface area contributed by atoms with Crippen LogP contribution < -0.4 is 4.72 Å². The standard InChI is InChI=1S/C10H20N2O4S/c1-10(2,11-17(3,15)16)7-12-5-8(6-13)4-9(12)14/h8,11,13H,4-7H2,1-3H3. The van der Waals surface area contributed by atoms with Crippen LogP contribution in [0.25, 0.3) is 0 Å². The van der Waals surface area contributed by atoms with Gasteiger partial charge in [-0.2, -0.15) is 0 Å². The maximum atomic E-state index is 11.6. The van der Waals surface area contributed by atoms with Gasteiger partial charge in [0, 0.05) is 37.6 Å². The van der Waals surface area contributed by atoms with Crippen molar-refractivity contribution >= 4 is 15.9 Å². The van der Waals surface area contributed by atoms with E-state index in [1.807, 2.05) is 0 Å². The second-order valence-corrected chi connectivity index (χ2v) is 7.03. The number of amides is 1. The van der Waals surface area contributed by atoms with Crippen LogP contribution in [0, 0.1) is 5.92 Å². The van der Waals surface area contributed by atoms with Gasteiger partial charge in [-0.1, -0.05) is 0 Å². The fourth-order valence-electron chi connectivity index (χ4n) is 2.14. The molecule has 0 spiro atoms. The number of aliphatic hydroxyl groups is 1. The van der Waals surface area contributed by atoms with Gasteiger partial charge in [0.05, 0.1) is 6.26 Å². The fourth-order valence-corrected chi connectivity index (χ4v) is 3.21. The summed E-state index contributed by atoms with van der Waals surface area (Å²) in [5, 5.41) is 9.00. The van der Waals surface area contributed by atoms with Crippen LogP contribution in [0.2, 0.25) is 0 Å². The number of rotatable bonds is 5. The van der Waals surface area contributed by atoms with Crippen molar-refractivity contribution in [3.63, 3.8) is 0 Å².